The summed E-state index contributed by atoms with van der Waals surface area (Å²) in [5.41, 5.74) is 0.830. The van der Waals surface area contributed by atoms with Crippen molar-refractivity contribution in [1.29, 1.82) is 0 Å². The average molecular weight is 344 g/mol. The Morgan fingerprint density at radius 1 is 1.20 bits per heavy atom. The van der Waals surface area contributed by atoms with Gasteiger partial charge in [0.2, 0.25) is 11.9 Å². The number of amides is 1. The molecule has 2 N–H and O–H groups in total. The van der Waals surface area contributed by atoms with Crippen LogP contribution in [-0.4, -0.2) is 41.5 Å². The van der Waals surface area contributed by atoms with Crippen LogP contribution in [0.1, 0.15) is 15.9 Å². The summed E-state index contributed by atoms with van der Waals surface area (Å²) in [4.78, 5) is 26.6. The van der Waals surface area contributed by atoms with Gasteiger partial charge in [-0.05, 0) is 17.7 Å². The van der Waals surface area contributed by atoms with Gasteiger partial charge in [-0.25, -0.2) is 18.9 Å². The average Bonchev–Trinajstić information content (AvgIpc) is 3.19. The molecular weight excluding hydrogens is 331 g/mol. The molecule has 0 saturated heterocycles. The molecule has 1 amide bonds. The number of aromatic carboxylic acids is 1. The lowest BCUT2D eigenvalue weighted by atomic mass is 10.2. The molecule has 0 unspecified atom stereocenters. The molecule has 128 valence electrons. The molecule has 0 bridgehead atoms. The van der Waals surface area contributed by atoms with E-state index in [-0.39, 0.29) is 23.9 Å². The lowest BCUT2D eigenvalue weighted by Gasteiger charge is -2.02. The van der Waals surface area contributed by atoms with Gasteiger partial charge in [0.25, 0.3) is 0 Å². The predicted octanol–water partition coefficient (Wildman–Crippen LogP) is 0.999. The van der Waals surface area contributed by atoms with E-state index in [9.17, 15) is 14.0 Å². The second-order valence-electron chi connectivity index (χ2n) is 5.17. The molecule has 1 aromatic carbocycles. The van der Waals surface area contributed by atoms with Crippen LogP contribution < -0.4 is 5.32 Å². The minimum Gasteiger partial charge on any atom is -0.478 e. The fourth-order valence-corrected chi connectivity index (χ4v) is 2.08. The quantitative estimate of drug-likeness (QED) is 0.689. The lowest BCUT2D eigenvalue weighted by molar-refractivity contribution is -0.117. The van der Waals surface area contributed by atoms with Gasteiger partial charge in [0.1, 0.15) is 18.7 Å². The third kappa shape index (κ3) is 4.25. The zero-order valence-corrected chi connectivity index (χ0v) is 12.8. The van der Waals surface area contributed by atoms with Crippen LogP contribution in [-0.2, 0) is 17.9 Å². The number of rotatable bonds is 6. The Balaban J connectivity index is 1.57. The molecular formula is C15H13FN6O3. The van der Waals surface area contributed by atoms with Crippen LogP contribution >= 0.6 is 0 Å². The third-order valence-electron chi connectivity index (χ3n) is 3.23. The standard InChI is InChI=1S/C15H13FN6O3/c16-12-3-1-10(2-4-12)6-22-9-17-15(20-22)19-13(23)8-21-7-11(5-18-21)14(24)25/h1-5,7,9H,6,8H2,(H,24,25)(H,19,20,23). The number of carbonyl (C=O) groups excluding carboxylic acids is 1. The Kier molecular flexibility index (Phi) is 4.50. The van der Waals surface area contributed by atoms with Gasteiger partial charge in [0, 0.05) is 6.20 Å². The Hall–Kier alpha value is -3.56. The molecule has 3 aromatic rings. The highest BCUT2D eigenvalue weighted by Crippen LogP contribution is 2.06. The molecule has 0 saturated carbocycles. The van der Waals surface area contributed by atoms with E-state index in [1.165, 1.54) is 34.0 Å². The van der Waals surface area contributed by atoms with Gasteiger partial charge < -0.3 is 5.11 Å². The first-order chi connectivity index (χ1) is 12.0. The lowest BCUT2D eigenvalue weighted by Crippen LogP contribution is -2.20. The Labute approximate surface area is 140 Å². The van der Waals surface area contributed by atoms with E-state index in [2.05, 4.69) is 20.5 Å². The number of anilines is 1. The zero-order chi connectivity index (χ0) is 17.8. The number of carboxylic acid groups (broad SMARTS) is 1. The summed E-state index contributed by atoms with van der Waals surface area (Å²) in [5, 5.41) is 19.2. The molecule has 0 radical (unpaired) electrons. The fraction of sp³-hybridized carbons (Fsp3) is 0.133. The van der Waals surface area contributed by atoms with Gasteiger partial charge in [-0.3, -0.25) is 14.8 Å². The first kappa shape index (κ1) is 16.3. The van der Waals surface area contributed by atoms with E-state index in [0.717, 1.165) is 11.8 Å². The number of benzene rings is 1. The molecule has 0 atom stereocenters. The molecule has 0 aliphatic rings. The SMILES string of the molecule is O=C(Cn1cc(C(=O)O)cn1)Nc1ncn(Cc2ccc(F)cc2)n1. The van der Waals surface area contributed by atoms with Crippen molar-refractivity contribution in [3.63, 3.8) is 0 Å². The second kappa shape index (κ2) is 6.91. The monoisotopic (exact) mass is 344 g/mol. The van der Waals surface area contributed by atoms with Crippen molar-refractivity contribution in [3.05, 3.63) is 59.9 Å². The zero-order valence-electron chi connectivity index (χ0n) is 12.8. The maximum Gasteiger partial charge on any atom is 0.338 e. The van der Waals surface area contributed by atoms with Crippen LogP contribution in [0.5, 0.6) is 0 Å². The van der Waals surface area contributed by atoms with Crippen molar-refractivity contribution < 1.29 is 19.1 Å². The predicted molar refractivity (Wildman–Crippen MR) is 83.3 cm³/mol. The maximum atomic E-state index is 12.9. The number of nitrogens with one attached hydrogen (secondary N) is 1. The van der Waals surface area contributed by atoms with Crippen molar-refractivity contribution in [2.24, 2.45) is 0 Å². The molecule has 25 heavy (non-hydrogen) atoms. The number of halogens is 1. The number of nitrogens with zero attached hydrogens (tertiary/aromatic N) is 5. The van der Waals surface area contributed by atoms with Gasteiger partial charge in [0.15, 0.2) is 0 Å². The minimum atomic E-state index is -1.12. The molecule has 0 aliphatic heterocycles. The van der Waals surface area contributed by atoms with Crippen LogP contribution in [0.25, 0.3) is 0 Å². The van der Waals surface area contributed by atoms with Gasteiger partial charge >= 0.3 is 5.97 Å². The summed E-state index contributed by atoms with van der Waals surface area (Å²) in [6, 6.07) is 5.97. The summed E-state index contributed by atoms with van der Waals surface area (Å²) in [6.45, 7) is 0.212. The number of aromatic nitrogens is 5. The van der Waals surface area contributed by atoms with E-state index in [1.54, 1.807) is 12.1 Å². The van der Waals surface area contributed by atoms with Crippen LogP contribution in [0.2, 0.25) is 0 Å². The highest BCUT2D eigenvalue weighted by Gasteiger charge is 2.11. The number of carbonyl (C=O) groups is 2. The summed E-state index contributed by atoms with van der Waals surface area (Å²) >= 11 is 0. The first-order valence-corrected chi connectivity index (χ1v) is 7.19. The molecule has 2 aromatic heterocycles. The van der Waals surface area contributed by atoms with E-state index in [4.69, 9.17) is 5.11 Å². The highest BCUT2D eigenvalue weighted by molar-refractivity contribution is 5.89. The van der Waals surface area contributed by atoms with E-state index in [1.807, 2.05) is 0 Å². The molecule has 2 heterocycles. The Morgan fingerprint density at radius 3 is 2.64 bits per heavy atom. The summed E-state index contributed by atoms with van der Waals surface area (Å²) in [7, 11) is 0. The molecule has 9 nitrogen and oxygen atoms in total. The van der Waals surface area contributed by atoms with E-state index >= 15 is 0 Å². The minimum absolute atomic E-state index is 0.00509. The van der Waals surface area contributed by atoms with Crippen molar-refractivity contribution in [3.8, 4) is 0 Å². The van der Waals surface area contributed by atoms with Crippen LogP contribution in [0.15, 0.2) is 43.0 Å². The third-order valence-corrected chi connectivity index (χ3v) is 3.23. The molecule has 0 aliphatic carbocycles. The Morgan fingerprint density at radius 2 is 1.96 bits per heavy atom. The smallest absolute Gasteiger partial charge is 0.338 e. The van der Waals surface area contributed by atoms with Crippen molar-refractivity contribution in [1.82, 2.24) is 24.5 Å². The van der Waals surface area contributed by atoms with Gasteiger partial charge in [-0.15, -0.1) is 5.10 Å². The normalized spacial score (nSPS) is 10.6. The van der Waals surface area contributed by atoms with Crippen LogP contribution in [0.3, 0.4) is 0 Å². The first-order valence-electron chi connectivity index (χ1n) is 7.19. The van der Waals surface area contributed by atoms with Crippen molar-refractivity contribution in [2.75, 3.05) is 5.32 Å². The van der Waals surface area contributed by atoms with E-state index in [0.29, 0.717) is 6.54 Å². The van der Waals surface area contributed by atoms with Crippen LogP contribution in [0.4, 0.5) is 10.3 Å². The van der Waals surface area contributed by atoms with Gasteiger partial charge in [-0.1, -0.05) is 12.1 Å². The van der Waals surface area contributed by atoms with Gasteiger partial charge in [-0.2, -0.15) is 5.10 Å². The molecule has 10 heteroatoms. The number of hydrogen-bond donors (Lipinski definition) is 2. The topological polar surface area (TPSA) is 115 Å². The summed E-state index contributed by atoms with van der Waals surface area (Å²) in [5.74, 6) is -1.77. The molecule has 0 fully saturated rings. The summed E-state index contributed by atoms with van der Waals surface area (Å²) < 4.78 is 15.6. The van der Waals surface area contributed by atoms with Crippen LogP contribution in [0, 0.1) is 5.82 Å². The maximum absolute atomic E-state index is 12.9. The second-order valence-corrected chi connectivity index (χ2v) is 5.17. The van der Waals surface area contributed by atoms with E-state index < -0.39 is 11.9 Å². The van der Waals surface area contributed by atoms with Crippen molar-refractivity contribution >= 4 is 17.8 Å². The van der Waals surface area contributed by atoms with Crippen molar-refractivity contribution in [2.45, 2.75) is 13.1 Å². The summed E-state index contributed by atoms with van der Waals surface area (Å²) in [6.07, 6.45) is 3.85. The fourth-order valence-electron chi connectivity index (χ4n) is 2.08. The highest BCUT2D eigenvalue weighted by atomic mass is 19.1. The molecule has 3 rings (SSSR count). The largest absolute Gasteiger partial charge is 0.478 e. The Bertz CT molecular complexity index is 902. The van der Waals surface area contributed by atoms with Gasteiger partial charge in [0.05, 0.1) is 18.3 Å². The molecule has 0 spiro atoms. The number of hydrogen-bond acceptors (Lipinski definition) is 5. The number of carboxylic acids is 1.